The van der Waals surface area contributed by atoms with Crippen LogP contribution < -0.4 is 16.0 Å². The third-order valence-corrected chi connectivity index (χ3v) is 3.79. The summed E-state index contributed by atoms with van der Waals surface area (Å²) in [4.78, 5) is 2.37. The van der Waals surface area contributed by atoms with Crippen LogP contribution in [0, 0.1) is 0 Å². The number of hydrogen-bond donors (Lipinski definition) is 2. The van der Waals surface area contributed by atoms with Gasteiger partial charge in [-0.1, -0.05) is 37.3 Å². The maximum atomic E-state index is 6.06. The molecule has 1 saturated heterocycles. The van der Waals surface area contributed by atoms with Crippen LogP contribution in [0.3, 0.4) is 0 Å². The summed E-state index contributed by atoms with van der Waals surface area (Å²) in [6, 6.07) is 17.3. The molecule has 3 nitrogen and oxygen atoms in total. The van der Waals surface area contributed by atoms with Gasteiger partial charge in [0.25, 0.3) is 0 Å². The second-order valence-corrected chi connectivity index (χ2v) is 5.34. The Hall–Kier alpha value is -2.00. The minimum atomic E-state index is 0.613. The molecule has 1 aliphatic heterocycles. The highest BCUT2D eigenvalue weighted by Gasteiger charge is 2.26. The molecule has 0 saturated carbocycles. The van der Waals surface area contributed by atoms with E-state index in [1.807, 2.05) is 12.1 Å². The fraction of sp³-hybridized carbons (Fsp3) is 0.294. The van der Waals surface area contributed by atoms with E-state index in [2.05, 4.69) is 53.5 Å². The maximum Gasteiger partial charge on any atom is 0.0420 e. The maximum absolute atomic E-state index is 6.06. The van der Waals surface area contributed by atoms with Crippen LogP contribution in [0.15, 0.2) is 48.5 Å². The van der Waals surface area contributed by atoms with Gasteiger partial charge in [0.2, 0.25) is 0 Å². The molecule has 20 heavy (non-hydrogen) atoms. The Morgan fingerprint density at radius 2 is 1.85 bits per heavy atom. The minimum Gasteiger partial charge on any atom is -0.399 e. The second kappa shape index (κ2) is 5.55. The zero-order chi connectivity index (χ0) is 13.9. The van der Waals surface area contributed by atoms with Gasteiger partial charge in [0.15, 0.2) is 0 Å². The molecule has 0 spiro atoms. The van der Waals surface area contributed by atoms with Gasteiger partial charge in [0.1, 0.15) is 0 Å². The van der Waals surface area contributed by atoms with Crippen molar-refractivity contribution < 1.29 is 0 Å². The molecule has 0 amide bonds. The smallest absolute Gasteiger partial charge is 0.0420 e. The molecular weight excluding hydrogens is 246 g/mol. The van der Waals surface area contributed by atoms with Crippen molar-refractivity contribution in [2.24, 2.45) is 0 Å². The van der Waals surface area contributed by atoms with Gasteiger partial charge in [0.05, 0.1) is 0 Å². The SMILES string of the molecule is CCNC1CN(c2cc(N)cc(-c3ccccc3)c2)C1. The van der Waals surface area contributed by atoms with Crippen LogP contribution in [-0.2, 0) is 0 Å². The lowest BCUT2D eigenvalue weighted by Gasteiger charge is -2.41. The van der Waals surface area contributed by atoms with Crippen molar-refractivity contribution in [1.82, 2.24) is 5.32 Å². The lowest BCUT2D eigenvalue weighted by Crippen LogP contribution is -2.58. The highest BCUT2D eigenvalue weighted by Crippen LogP contribution is 2.30. The molecule has 3 rings (SSSR count). The van der Waals surface area contributed by atoms with Gasteiger partial charge in [-0.05, 0) is 35.9 Å². The molecule has 1 aliphatic rings. The first-order valence-corrected chi connectivity index (χ1v) is 7.20. The Kier molecular flexibility index (Phi) is 3.61. The molecule has 104 valence electrons. The number of nitrogens with one attached hydrogen (secondary N) is 1. The normalized spacial score (nSPS) is 15.2. The summed E-state index contributed by atoms with van der Waals surface area (Å²) < 4.78 is 0. The van der Waals surface area contributed by atoms with E-state index in [0.717, 1.165) is 25.3 Å². The van der Waals surface area contributed by atoms with E-state index in [9.17, 15) is 0 Å². The molecule has 0 aromatic heterocycles. The van der Waals surface area contributed by atoms with Gasteiger partial charge in [-0.2, -0.15) is 0 Å². The van der Waals surface area contributed by atoms with Gasteiger partial charge in [0, 0.05) is 30.5 Å². The van der Waals surface area contributed by atoms with Crippen LogP contribution in [0.5, 0.6) is 0 Å². The van der Waals surface area contributed by atoms with Crippen LogP contribution >= 0.6 is 0 Å². The monoisotopic (exact) mass is 267 g/mol. The van der Waals surface area contributed by atoms with Gasteiger partial charge in [-0.25, -0.2) is 0 Å². The molecule has 1 fully saturated rings. The van der Waals surface area contributed by atoms with E-state index in [-0.39, 0.29) is 0 Å². The zero-order valence-corrected chi connectivity index (χ0v) is 11.8. The Bertz CT molecular complexity index is 574. The number of nitrogen functional groups attached to an aromatic ring is 1. The Labute approximate surface area is 120 Å². The van der Waals surface area contributed by atoms with Crippen molar-refractivity contribution in [3.05, 3.63) is 48.5 Å². The van der Waals surface area contributed by atoms with E-state index in [1.54, 1.807) is 0 Å². The van der Waals surface area contributed by atoms with Crippen LogP contribution in [0.2, 0.25) is 0 Å². The summed E-state index contributed by atoms with van der Waals surface area (Å²) in [5.74, 6) is 0. The second-order valence-electron chi connectivity index (χ2n) is 5.34. The van der Waals surface area contributed by atoms with E-state index >= 15 is 0 Å². The number of hydrogen-bond acceptors (Lipinski definition) is 3. The highest BCUT2D eigenvalue weighted by atomic mass is 15.2. The number of rotatable bonds is 4. The lowest BCUT2D eigenvalue weighted by molar-refractivity contribution is 0.430. The predicted octanol–water partition coefficient (Wildman–Crippen LogP) is 2.73. The van der Waals surface area contributed by atoms with Crippen LogP contribution in [0.4, 0.5) is 11.4 Å². The summed E-state index contributed by atoms with van der Waals surface area (Å²) in [6.45, 7) is 5.30. The van der Waals surface area contributed by atoms with Crippen molar-refractivity contribution in [1.29, 1.82) is 0 Å². The lowest BCUT2D eigenvalue weighted by atomic mass is 10.0. The first-order chi connectivity index (χ1) is 9.76. The zero-order valence-electron chi connectivity index (χ0n) is 11.8. The molecular formula is C17H21N3. The molecule has 3 heteroatoms. The summed E-state index contributed by atoms with van der Waals surface area (Å²) in [7, 11) is 0. The molecule has 2 aromatic carbocycles. The number of nitrogens with two attached hydrogens (primary N) is 1. The van der Waals surface area contributed by atoms with E-state index in [1.165, 1.54) is 16.8 Å². The summed E-state index contributed by atoms with van der Waals surface area (Å²) in [6.07, 6.45) is 0. The predicted molar refractivity (Wildman–Crippen MR) is 86.0 cm³/mol. The summed E-state index contributed by atoms with van der Waals surface area (Å²) in [5.41, 5.74) is 10.5. The molecule has 0 aliphatic carbocycles. The standard InChI is InChI=1S/C17H21N3/c1-2-19-16-11-20(12-16)17-9-14(8-15(18)10-17)13-6-4-3-5-7-13/h3-10,16,19H,2,11-12,18H2,1H3. The van der Waals surface area contributed by atoms with Gasteiger partial charge >= 0.3 is 0 Å². The first kappa shape index (κ1) is 13.0. The highest BCUT2D eigenvalue weighted by molar-refractivity contribution is 5.74. The quantitative estimate of drug-likeness (QED) is 0.837. The average molecular weight is 267 g/mol. The fourth-order valence-electron chi connectivity index (χ4n) is 2.72. The van der Waals surface area contributed by atoms with Crippen LogP contribution in [-0.4, -0.2) is 25.7 Å². The van der Waals surface area contributed by atoms with Crippen molar-refractivity contribution >= 4 is 11.4 Å². The molecule has 0 bridgehead atoms. The van der Waals surface area contributed by atoms with Crippen molar-refractivity contribution in [2.45, 2.75) is 13.0 Å². The van der Waals surface area contributed by atoms with Crippen molar-refractivity contribution in [3.63, 3.8) is 0 Å². The van der Waals surface area contributed by atoms with Crippen LogP contribution in [0.1, 0.15) is 6.92 Å². The average Bonchev–Trinajstić information content (AvgIpc) is 2.42. The molecule has 2 aromatic rings. The number of anilines is 2. The third-order valence-electron chi connectivity index (χ3n) is 3.79. The van der Waals surface area contributed by atoms with Crippen LogP contribution in [0.25, 0.3) is 11.1 Å². The molecule has 0 radical (unpaired) electrons. The largest absolute Gasteiger partial charge is 0.399 e. The number of likely N-dealkylation sites (N-methyl/N-ethyl adjacent to an activating group) is 1. The van der Waals surface area contributed by atoms with E-state index < -0.39 is 0 Å². The molecule has 1 heterocycles. The number of nitrogens with zero attached hydrogens (tertiary/aromatic N) is 1. The van der Waals surface area contributed by atoms with Crippen molar-refractivity contribution in [2.75, 3.05) is 30.3 Å². The third kappa shape index (κ3) is 2.63. The Balaban J connectivity index is 1.82. The molecule has 0 atom stereocenters. The van der Waals surface area contributed by atoms with Crippen molar-refractivity contribution in [3.8, 4) is 11.1 Å². The molecule has 3 N–H and O–H groups in total. The van der Waals surface area contributed by atoms with Gasteiger partial charge in [-0.15, -0.1) is 0 Å². The summed E-state index contributed by atoms with van der Waals surface area (Å²) in [5, 5.41) is 3.47. The van der Waals surface area contributed by atoms with E-state index in [0.29, 0.717) is 6.04 Å². The first-order valence-electron chi connectivity index (χ1n) is 7.20. The van der Waals surface area contributed by atoms with E-state index in [4.69, 9.17) is 5.73 Å². The Morgan fingerprint density at radius 3 is 2.55 bits per heavy atom. The molecule has 0 unspecified atom stereocenters. The fourth-order valence-corrected chi connectivity index (χ4v) is 2.72. The summed E-state index contributed by atoms with van der Waals surface area (Å²) >= 11 is 0. The minimum absolute atomic E-state index is 0.613. The van der Waals surface area contributed by atoms with Gasteiger partial charge < -0.3 is 16.0 Å². The number of benzene rings is 2. The van der Waals surface area contributed by atoms with Gasteiger partial charge in [-0.3, -0.25) is 0 Å². The topological polar surface area (TPSA) is 41.3 Å². The Morgan fingerprint density at radius 1 is 1.10 bits per heavy atom.